The Balaban J connectivity index is 0.00000122. The molecule has 0 aromatic heterocycles. The maximum Gasteiger partial charge on any atom is 0.295 e. The zero-order valence-corrected chi connectivity index (χ0v) is 13.4. The molecule has 0 saturated heterocycles. The number of hydrogen-bond donors (Lipinski definition) is 2. The van der Waals surface area contributed by atoms with Gasteiger partial charge in [-0.2, -0.15) is 0 Å². The summed E-state index contributed by atoms with van der Waals surface area (Å²) in [6, 6.07) is 7.56. The van der Waals surface area contributed by atoms with E-state index in [4.69, 9.17) is 0 Å². The summed E-state index contributed by atoms with van der Waals surface area (Å²) >= 11 is 0. The zero-order valence-electron chi connectivity index (χ0n) is 13.4. The van der Waals surface area contributed by atoms with E-state index in [1.54, 1.807) is 14.2 Å². The number of rotatable bonds is 5. The van der Waals surface area contributed by atoms with Gasteiger partial charge in [0.2, 0.25) is 6.29 Å². The van der Waals surface area contributed by atoms with E-state index in [0.29, 0.717) is 0 Å². The topological polar surface area (TPSA) is 76.0 Å². The molecule has 0 aliphatic carbocycles. The lowest BCUT2D eigenvalue weighted by Gasteiger charge is -2.22. The molecule has 5 nitrogen and oxygen atoms in total. The van der Waals surface area contributed by atoms with Gasteiger partial charge >= 0.3 is 0 Å². The van der Waals surface area contributed by atoms with Crippen LogP contribution >= 0.6 is 0 Å². The van der Waals surface area contributed by atoms with Gasteiger partial charge in [-0.25, -0.2) is 0 Å². The summed E-state index contributed by atoms with van der Waals surface area (Å²) in [5.41, 5.74) is 1.94. The number of hydrogen-bond acceptors (Lipinski definition) is 5. The highest BCUT2D eigenvalue weighted by atomic mass is 16.6. The van der Waals surface area contributed by atoms with Crippen molar-refractivity contribution in [2.75, 3.05) is 20.8 Å². The highest BCUT2D eigenvalue weighted by Crippen LogP contribution is 2.26. The summed E-state index contributed by atoms with van der Waals surface area (Å²) in [6.45, 7) is 6.21. The molecule has 21 heavy (non-hydrogen) atoms. The predicted molar refractivity (Wildman–Crippen MR) is 81.1 cm³/mol. The second-order valence-corrected chi connectivity index (χ2v) is 5.69. The quantitative estimate of drug-likeness (QED) is 0.640. The molecule has 2 atom stereocenters. The molecule has 0 spiro atoms. The van der Waals surface area contributed by atoms with Crippen LogP contribution in [0.1, 0.15) is 37.8 Å². The fourth-order valence-electron chi connectivity index (χ4n) is 1.74. The highest BCUT2D eigenvalue weighted by Gasteiger charge is 2.22. The summed E-state index contributed by atoms with van der Waals surface area (Å²) < 4.78 is 8.71. The van der Waals surface area contributed by atoms with E-state index in [9.17, 15) is 15.0 Å². The number of benzene rings is 1. The molecule has 0 saturated carbocycles. The number of ether oxygens (including phenoxy) is 2. The third-order valence-corrected chi connectivity index (χ3v) is 2.94. The van der Waals surface area contributed by atoms with Crippen LogP contribution in [-0.4, -0.2) is 43.8 Å². The van der Waals surface area contributed by atoms with Crippen LogP contribution in [0.15, 0.2) is 24.3 Å². The van der Waals surface area contributed by atoms with Crippen LogP contribution in [-0.2, 0) is 19.7 Å². The van der Waals surface area contributed by atoms with Crippen molar-refractivity contribution >= 4 is 6.47 Å². The van der Waals surface area contributed by atoms with Crippen LogP contribution < -0.4 is 0 Å². The highest BCUT2D eigenvalue weighted by molar-refractivity contribution is 5.38. The van der Waals surface area contributed by atoms with Gasteiger partial charge in [0, 0.05) is 14.2 Å². The van der Waals surface area contributed by atoms with Gasteiger partial charge in [-0.15, -0.1) is 0 Å². The largest absolute Gasteiger partial charge is 0.437 e. The average Bonchev–Trinajstić information content (AvgIpc) is 2.40. The van der Waals surface area contributed by atoms with Gasteiger partial charge in [-0.05, 0) is 16.5 Å². The summed E-state index contributed by atoms with van der Waals surface area (Å²) in [4.78, 5) is 10.2. The maximum atomic E-state index is 10.2. The first-order valence-corrected chi connectivity index (χ1v) is 6.70. The predicted octanol–water partition coefficient (Wildman–Crippen LogP) is 1.81. The third kappa shape index (κ3) is 6.71. The molecule has 0 heterocycles. The van der Waals surface area contributed by atoms with E-state index in [1.165, 1.54) is 0 Å². The second-order valence-electron chi connectivity index (χ2n) is 5.69. The van der Waals surface area contributed by atoms with Crippen molar-refractivity contribution in [1.82, 2.24) is 0 Å². The summed E-state index contributed by atoms with van der Waals surface area (Å²) in [5, 5.41) is 18.8. The first kappa shape index (κ1) is 19.6. The minimum Gasteiger partial charge on any atom is -0.437 e. The Labute approximate surface area is 126 Å². The van der Waals surface area contributed by atoms with Crippen molar-refractivity contribution in [3.05, 3.63) is 35.4 Å². The fourth-order valence-corrected chi connectivity index (χ4v) is 1.74. The lowest BCUT2D eigenvalue weighted by atomic mass is 9.85. The standard InChI is InChI=1S/C14H20O4.C2H6O/c1-14(2,3)11-6-4-10(5-7-11)12(8-15)13(17)18-9-16;1-3-2/h4-7,9,12-13,15,17H,8H2,1-3H3;1-2H3. The third-order valence-electron chi connectivity index (χ3n) is 2.94. The molecule has 5 heteroatoms. The van der Waals surface area contributed by atoms with Crippen molar-refractivity contribution in [2.24, 2.45) is 0 Å². The van der Waals surface area contributed by atoms with E-state index < -0.39 is 12.2 Å². The Kier molecular flexibility index (Phi) is 8.85. The van der Waals surface area contributed by atoms with E-state index in [1.807, 2.05) is 24.3 Å². The number of carbonyl (C=O) groups is 1. The zero-order chi connectivity index (χ0) is 16.5. The van der Waals surface area contributed by atoms with Gasteiger partial charge in [-0.3, -0.25) is 4.79 Å². The molecule has 120 valence electrons. The molecule has 0 amide bonds. The molecular weight excluding hydrogens is 272 g/mol. The Hall–Kier alpha value is -1.43. The van der Waals surface area contributed by atoms with Crippen LogP contribution in [0.25, 0.3) is 0 Å². The van der Waals surface area contributed by atoms with Gasteiger partial charge in [-0.1, -0.05) is 45.0 Å². The van der Waals surface area contributed by atoms with E-state index in [-0.39, 0.29) is 18.5 Å². The fraction of sp³-hybridized carbons (Fsp3) is 0.562. The Morgan fingerprint density at radius 3 is 2.00 bits per heavy atom. The Morgan fingerprint density at radius 1 is 1.19 bits per heavy atom. The summed E-state index contributed by atoms with van der Waals surface area (Å²) in [6.07, 6.45) is -1.33. The van der Waals surface area contributed by atoms with Crippen molar-refractivity contribution in [3.8, 4) is 0 Å². The van der Waals surface area contributed by atoms with Crippen molar-refractivity contribution < 1.29 is 24.5 Å². The van der Waals surface area contributed by atoms with Gasteiger partial charge in [0.1, 0.15) is 0 Å². The molecule has 0 fully saturated rings. The average molecular weight is 298 g/mol. The molecule has 1 aromatic rings. The van der Waals surface area contributed by atoms with E-state index in [0.717, 1.165) is 11.1 Å². The molecule has 2 N–H and O–H groups in total. The van der Waals surface area contributed by atoms with Gasteiger partial charge in [0.25, 0.3) is 6.47 Å². The van der Waals surface area contributed by atoms with Crippen molar-refractivity contribution in [1.29, 1.82) is 0 Å². The molecule has 1 aromatic carbocycles. The minimum atomic E-state index is -1.33. The molecule has 0 aliphatic rings. The normalized spacial score (nSPS) is 13.7. The Bertz CT molecular complexity index is 394. The van der Waals surface area contributed by atoms with Crippen LogP contribution in [0.4, 0.5) is 0 Å². The van der Waals surface area contributed by atoms with Crippen molar-refractivity contribution in [2.45, 2.75) is 38.4 Å². The first-order chi connectivity index (χ1) is 9.81. The molecule has 0 radical (unpaired) electrons. The molecule has 2 unspecified atom stereocenters. The minimum absolute atomic E-state index is 0.0468. The van der Waals surface area contributed by atoms with Crippen LogP contribution in [0.3, 0.4) is 0 Å². The van der Waals surface area contributed by atoms with E-state index in [2.05, 4.69) is 30.2 Å². The van der Waals surface area contributed by atoms with Crippen LogP contribution in [0, 0.1) is 0 Å². The lowest BCUT2D eigenvalue weighted by Crippen LogP contribution is -2.24. The molecule has 0 bridgehead atoms. The van der Waals surface area contributed by atoms with Crippen molar-refractivity contribution in [3.63, 3.8) is 0 Å². The molecular formula is C16H26O5. The van der Waals surface area contributed by atoms with Crippen LogP contribution in [0.2, 0.25) is 0 Å². The first-order valence-electron chi connectivity index (χ1n) is 6.70. The Morgan fingerprint density at radius 2 is 1.67 bits per heavy atom. The van der Waals surface area contributed by atoms with Crippen LogP contribution in [0.5, 0.6) is 0 Å². The number of carbonyl (C=O) groups excluding carboxylic acids is 1. The molecule has 0 aliphatic heterocycles. The lowest BCUT2D eigenvalue weighted by molar-refractivity contribution is -0.157. The monoisotopic (exact) mass is 298 g/mol. The maximum absolute atomic E-state index is 10.2. The number of aliphatic hydroxyl groups is 2. The summed E-state index contributed by atoms with van der Waals surface area (Å²) in [7, 11) is 3.25. The second kappa shape index (κ2) is 9.50. The van der Waals surface area contributed by atoms with Gasteiger partial charge in [0.15, 0.2) is 0 Å². The summed E-state index contributed by atoms with van der Waals surface area (Å²) in [5.74, 6) is -0.621. The van der Waals surface area contributed by atoms with E-state index >= 15 is 0 Å². The SMILES string of the molecule is CC(C)(C)c1ccc(C(CO)C(O)OC=O)cc1.COC. The number of methoxy groups -OCH3 is 1. The molecule has 1 rings (SSSR count). The van der Waals surface area contributed by atoms with Gasteiger partial charge in [0.05, 0.1) is 12.5 Å². The van der Waals surface area contributed by atoms with Gasteiger partial charge < -0.3 is 19.7 Å². The smallest absolute Gasteiger partial charge is 0.295 e. The number of aliphatic hydroxyl groups excluding tert-OH is 2.